The fourth-order valence-electron chi connectivity index (χ4n) is 2.87. The van der Waals surface area contributed by atoms with Crippen molar-refractivity contribution in [1.29, 1.82) is 0 Å². The lowest BCUT2D eigenvalue weighted by atomic mass is 10.0. The van der Waals surface area contributed by atoms with Gasteiger partial charge < -0.3 is 20.5 Å². The molecule has 0 radical (unpaired) electrons. The third-order valence-electron chi connectivity index (χ3n) is 4.10. The van der Waals surface area contributed by atoms with E-state index in [4.69, 9.17) is 4.74 Å². The summed E-state index contributed by atoms with van der Waals surface area (Å²) in [5.74, 6) is 1.27. The monoisotopic (exact) mass is 312 g/mol. The predicted octanol–water partition coefficient (Wildman–Crippen LogP) is 2.96. The van der Waals surface area contributed by atoms with E-state index in [9.17, 15) is 5.11 Å². The summed E-state index contributed by atoms with van der Waals surface area (Å²) >= 11 is 0. The maximum absolute atomic E-state index is 9.29. The van der Waals surface area contributed by atoms with E-state index in [2.05, 4.69) is 35.8 Å². The lowest BCUT2D eigenvalue weighted by Crippen LogP contribution is -2.30. The van der Waals surface area contributed by atoms with Gasteiger partial charge in [0.05, 0.1) is 5.69 Å². The van der Waals surface area contributed by atoms with Crippen LogP contribution in [0.4, 0.5) is 5.69 Å². The summed E-state index contributed by atoms with van der Waals surface area (Å²) in [6.45, 7) is 4.75. The zero-order valence-corrected chi connectivity index (χ0v) is 13.5. The minimum atomic E-state index is 0.320. The van der Waals surface area contributed by atoms with Crippen molar-refractivity contribution < 1.29 is 9.84 Å². The van der Waals surface area contributed by atoms with E-state index in [1.54, 1.807) is 12.1 Å². The molecule has 0 aliphatic carbocycles. The molecule has 1 aliphatic heterocycles. The molecule has 0 bridgehead atoms. The molecule has 0 amide bonds. The molecule has 0 fully saturated rings. The molecule has 3 N–H and O–H groups in total. The maximum atomic E-state index is 9.29. The van der Waals surface area contributed by atoms with Gasteiger partial charge in [-0.05, 0) is 61.7 Å². The molecule has 1 aliphatic rings. The fourth-order valence-corrected chi connectivity index (χ4v) is 2.87. The third kappa shape index (κ3) is 4.39. The van der Waals surface area contributed by atoms with E-state index in [0.29, 0.717) is 11.8 Å². The van der Waals surface area contributed by atoms with Crippen molar-refractivity contribution in [1.82, 2.24) is 5.32 Å². The summed E-state index contributed by atoms with van der Waals surface area (Å²) in [5.41, 5.74) is 3.65. The van der Waals surface area contributed by atoms with Crippen LogP contribution in [0.5, 0.6) is 11.5 Å². The summed E-state index contributed by atoms with van der Waals surface area (Å²) in [4.78, 5) is 0. The van der Waals surface area contributed by atoms with Crippen molar-refractivity contribution in [2.24, 2.45) is 0 Å². The molecule has 2 aromatic rings. The van der Waals surface area contributed by atoms with Gasteiger partial charge in [-0.2, -0.15) is 0 Å². The minimum absolute atomic E-state index is 0.320. The van der Waals surface area contributed by atoms with Crippen LogP contribution in [0.1, 0.15) is 18.1 Å². The Kier molecular flexibility index (Phi) is 5.03. The van der Waals surface area contributed by atoms with Gasteiger partial charge in [0, 0.05) is 12.6 Å². The Hall–Kier alpha value is -2.20. The highest BCUT2D eigenvalue weighted by atomic mass is 16.5. The first-order valence-electron chi connectivity index (χ1n) is 8.21. The molecule has 1 atom stereocenters. The van der Waals surface area contributed by atoms with E-state index in [0.717, 1.165) is 44.0 Å². The van der Waals surface area contributed by atoms with Gasteiger partial charge in [0.25, 0.3) is 0 Å². The normalized spacial score (nSPS) is 14.5. The number of ether oxygens (including phenoxy) is 1. The van der Waals surface area contributed by atoms with E-state index >= 15 is 0 Å². The first-order valence-corrected chi connectivity index (χ1v) is 8.21. The van der Waals surface area contributed by atoms with E-state index in [1.807, 2.05) is 12.1 Å². The van der Waals surface area contributed by atoms with Crippen LogP contribution >= 0.6 is 0 Å². The molecule has 1 heterocycles. The molecule has 3 rings (SSSR count). The van der Waals surface area contributed by atoms with Crippen molar-refractivity contribution in [3.8, 4) is 11.5 Å². The Bertz CT molecular complexity index is 640. The van der Waals surface area contributed by atoms with Crippen LogP contribution in [0.3, 0.4) is 0 Å². The van der Waals surface area contributed by atoms with E-state index in [-0.39, 0.29) is 0 Å². The van der Waals surface area contributed by atoms with Gasteiger partial charge >= 0.3 is 0 Å². The molecule has 2 aromatic carbocycles. The topological polar surface area (TPSA) is 53.5 Å². The molecule has 4 nitrogen and oxygen atoms in total. The van der Waals surface area contributed by atoms with Gasteiger partial charge in [-0.1, -0.05) is 18.2 Å². The number of hydrogen-bond donors (Lipinski definition) is 3. The Morgan fingerprint density at radius 1 is 1.17 bits per heavy atom. The SMILES string of the molecule is CC(Cc1ccc2c(c1)NCCO2)NCCc1ccc(O)cc1. The van der Waals surface area contributed by atoms with Crippen molar-refractivity contribution in [3.05, 3.63) is 53.6 Å². The van der Waals surface area contributed by atoms with E-state index in [1.165, 1.54) is 11.1 Å². The fraction of sp³-hybridized carbons (Fsp3) is 0.368. The predicted molar refractivity (Wildman–Crippen MR) is 93.4 cm³/mol. The van der Waals surface area contributed by atoms with Gasteiger partial charge in [0.1, 0.15) is 18.1 Å². The number of nitrogens with one attached hydrogen (secondary N) is 2. The highest BCUT2D eigenvalue weighted by molar-refractivity contribution is 5.59. The highest BCUT2D eigenvalue weighted by Crippen LogP contribution is 2.28. The molecule has 23 heavy (non-hydrogen) atoms. The van der Waals surface area contributed by atoms with Crippen molar-refractivity contribution in [2.45, 2.75) is 25.8 Å². The molecule has 122 valence electrons. The molecule has 4 heteroatoms. The second-order valence-corrected chi connectivity index (χ2v) is 6.08. The quantitative estimate of drug-likeness (QED) is 0.767. The Morgan fingerprint density at radius 3 is 2.78 bits per heavy atom. The van der Waals surface area contributed by atoms with E-state index < -0.39 is 0 Å². The molecule has 0 aromatic heterocycles. The number of anilines is 1. The summed E-state index contributed by atoms with van der Waals surface area (Å²) in [6.07, 6.45) is 1.95. The number of phenols is 1. The number of aromatic hydroxyl groups is 1. The number of fused-ring (bicyclic) bond motifs is 1. The van der Waals surface area contributed by atoms with Crippen molar-refractivity contribution in [2.75, 3.05) is 25.0 Å². The number of hydrogen-bond acceptors (Lipinski definition) is 4. The number of benzene rings is 2. The molecular formula is C19H24N2O2. The Labute approximate surface area is 137 Å². The first kappa shape index (κ1) is 15.7. The summed E-state index contributed by atoms with van der Waals surface area (Å²) in [7, 11) is 0. The standard InChI is InChI=1S/C19H24N2O2/c1-14(20-9-8-15-2-5-17(22)6-3-15)12-16-4-7-19-18(13-16)21-10-11-23-19/h2-7,13-14,20-22H,8-12H2,1H3. The molecular weight excluding hydrogens is 288 g/mol. The zero-order valence-electron chi connectivity index (χ0n) is 13.5. The minimum Gasteiger partial charge on any atom is -0.508 e. The maximum Gasteiger partial charge on any atom is 0.142 e. The molecule has 0 saturated carbocycles. The Morgan fingerprint density at radius 2 is 1.96 bits per heavy atom. The number of rotatable bonds is 6. The van der Waals surface area contributed by atoms with Crippen LogP contribution in [0.25, 0.3) is 0 Å². The first-order chi connectivity index (χ1) is 11.2. The van der Waals surface area contributed by atoms with Gasteiger partial charge in [-0.15, -0.1) is 0 Å². The largest absolute Gasteiger partial charge is 0.508 e. The van der Waals surface area contributed by atoms with Crippen LogP contribution in [0.15, 0.2) is 42.5 Å². The van der Waals surface area contributed by atoms with Crippen LogP contribution in [-0.4, -0.2) is 30.8 Å². The molecule has 0 spiro atoms. The summed E-state index contributed by atoms with van der Waals surface area (Å²) in [6, 6.07) is 14.2. The van der Waals surface area contributed by atoms with Crippen molar-refractivity contribution >= 4 is 5.69 Å². The molecule has 0 saturated heterocycles. The average Bonchev–Trinajstić information content (AvgIpc) is 2.56. The summed E-state index contributed by atoms with van der Waals surface area (Å²) < 4.78 is 5.61. The van der Waals surface area contributed by atoms with Gasteiger partial charge in [-0.3, -0.25) is 0 Å². The lowest BCUT2D eigenvalue weighted by Gasteiger charge is -2.21. The third-order valence-corrected chi connectivity index (χ3v) is 4.10. The van der Waals surface area contributed by atoms with Crippen LogP contribution in [-0.2, 0) is 12.8 Å². The van der Waals surface area contributed by atoms with Gasteiger partial charge in [0.15, 0.2) is 0 Å². The van der Waals surface area contributed by atoms with Crippen LogP contribution in [0.2, 0.25) is 0 Å². The average molecular weight is 312 g/mol. The van der Waals surface area contributed by atoms with Crippen molar-refractivity contribution in [3.63, 3.8) is 0 Å². The number of phenolic OH excluding ortho intramolecular Hbond substituents is 1. The highest BCUT2D eigenvalue weighted by Gasteiger charge is 2.11. The Balaban J connectivity index is 1.47. The zero-order chi connectivity index (χ0) is 16.1. The van der Waals surface area contributed by atoms with Crippen LogP contribution < -0.4 is 15.4 Å². The lowest BCUT2D eigenvalue weighted by molar-refractivity contribution is 0.323. The second kappa shape index (κ2) is 7.38. The summed E-state index contributed by atoms with van der Waals surface area (Å²) in [5, 5.41) is 16.2. The molecule has 1 unspecified atom stereocenters. The van der Waals surface area contributed by atoms with Gasteiger partial charge in [-0.25, -0.2) is 0 Å². The smallest absolute Gasteiger partial charge is 0.142 e. The van der Waals surface area contributed by atoms with Gasteiger partial charge in [0.2, 0.25) is 0 Å². The van der Waals surface area contributed by atoms with Crippen LogP contribution in [0, 0.1) is 0 Å². The second-order valence-electron chi connectivity index (χ2n) is 6.08.